The molecule has 1 N–H and O–H groups in total. The number of amides is 1. The number of rotatable bonds is 2. The third kappa shape index (κ3) is 2.28. The van der Waals surface area contributed by atoms with Gasteiger partial charge in [0.25, 0.3) is 0 Å². The van der Waals surface area contributed by atoms with Crippen LogP contribution in [0.4, 0.5) is 10.1 Å². The van der Waals surface area contributed by atoms with E-state index in [2.05, 4.69) is 0 Å². The summed E-state index contributed by atoms with van der Waals surface area (Å²) >= 11 is 11.7. The first-order valence-electron chi connectivity index (χ1n) is 5.07. The van der Waals surface area contributed by atoms with E-state index in [0.717, 1.165) is 12.1 Å². The van der Waals surface area contributed by atoms with Crippen LogP contribution in [0, 0.1) is 5.82 Å². The lowest BCUT2D eigenvalue weighted by molar-refractivity contribution is -0.117. The molecule has 1 unspecified atom stereocenters. The van der Waals surface area contributed by atoms with E-state index >= 15 is 0 Å². The molecule has 1 aliphatic rings. The maximum atomic E-state index is 13.2. The molecule has 0 spiro atoms. The van der Waals surface area contributed by atoms with Crippen molar-refractivity contribution < 1.29 is 19.1 Å². The van der Waals surface area contributed by atoms with Crippen LogP contribution < -0.4 is 4.90 Å². The lowest BCUT2D eigenvalue weighted by atomic mass is 10.1. The zero-order valence-electron chi connectivity index (χ0n) is 8.99. The average Bonchev–Trinajstić information content (AvgIpc) is 2.56. The molecule has 7 heteroatoms. The van der Waals surface area contributed by atoms with Gasteiger partial charge < -0.3 is 10.0 Å². The van der Waals surface area contributed by atoms with Crippen molar-refractivity contribution in [2.24, 2.45) is 0 Å². The minimum Gasteiger partial charge on any atom is -0.478 e. The van der Waals surface area contributed by atoms with Crippen LogP contribution in [-0.2, 0) is 4.79 Å². The van der Waals surface area contributed by atoms with Crippen LogP contribution in [0.25, 0.3) is 0 Å². The number of anilines is 1. The zero-order valence-corrected chi connectivity index (χ0v) is 10.5. The van der Waals surface area contributed by atoms with Crippen molar-refractivity contribution in [3.05, 3.63) is 28.5 Å². The molecule has 0 radical (unpaired) electrons. The average molecular weight is 292 g/mol. The summed E-state index contributed by atoms with van der Waals surface area (Å²) < 4.78 is 13.2. The van der Waals surface area contributed by atoms with Gasteiger partial charge in [-0.05, 0) is 12.1 Å². The van der Waals surface area contributed by atoms with Crippen LogP contribution in [0.3, 0.4) is 0 Å². The van der Waals surface area contributed by atoms with Crippen molar-refractivity contribution in [3.63, 3.8) is 0 Å². The Morgan fingerprint density at radius 2 is 2.17 bits per heavy atom. The largest absolute Gasteiger partial charge is 0.478 e. The van der Waals surface area contributed by atoms with Gasteiger partial charge in [-0.3, -0.25) is 4.79 Å². The molecule has 1 aromatic rings. The van der Waals surface area contributed by atoms with E-state index < -0.39 is 17.2 Å². The summed E-state index contributed by atoms with van der Waals surface area (Å²) in [5.74, 6) is -2.45. The predicted octanol–water partition coefficient (Wildman–Crippen LogP) is 2.52. The van der Waals surface area contributed by atoms with Gasteiger partial charge in [-0.15, -0.1) is 11.6 Å². The second kappa shape index (κ2) is 4.74. The van der Waals surface area contributed by atoms with Crippen molar-refractivity contribution in [3.8, 4) is 0 Å². The summed E-state index contributed by atoms with van der Waals surface area (Å²) in [6, 6.07) is 1.80. The first kappa shape index (κ1) is 13.1. The van der Waals surface area contributed by atoms with Gasteiger partial charge in [-0.1, -0.05) is 11.6 Å². The molecule has 96 valence electrons. The number of hydrogen-bond donors (Lipinski definition) is 1. The molecule has 0 aromatic heterocycles. The fourth-order valence-electron chi connectivity index (χ4n) is 1.88. The molecular weight excluding hydrogens is 284 g/mol. The number of carbonyl (C=O) groups is 2. The SMILES string of the molecule is O=C(O)c1cc(F)cc(Cl)c1N1CC(Cl)CC1=O. The Morgan fingerprint density at radius 1 is 1.50 bits per heavy atom. The van der Waals surface area contributed by atoms with E-state index in [9.17, 15) is 14.0 Å². The molecule has 0 aliphatic carbocycles. The highest BCUT2D eigenvalue weighted by molar-refractivity contribution is 6.35. The molecule has 18 heavy (non-hydrogen) atoms. The van der Waals surface area contributed by atoms with Crippen molar-refractivity contribution in [1.29, 1.82) is 0 Å². The topological polar surface area (TPSA) is 57.6 Å². The summed E-state index contributed by atoms with van der Waals surface area (Å²) in [5, 5.41) is 8.51. The van der Waals surface area contributed by atoms with Crippen LogP contribution in [0.5, 0.6) is 0 Å². The molecule has 0 saturated carbocycles. The van der Waals surface area contributed by atoms with Crippen molar-refractivity contribution in [2.45, 2.75) is 11.8 Å². The first-order valence-corrected chi connectivity index (χ1v) is 5.88. The maximum Gasteiger partial charge on any atom is 0.337 e. The second-order valence-corrected chi connectivity index (χ2v) is 4.92. The summed E-state index contributed by atoms with van der Waals surface area (Å²) in [4.78, 5) is 24.0. The number of hydrogen-bond acceptors (Lipinski definition) is 2. The molecule has 1 aromatic carbocycles. The van der Waals surface area contributed by atoms with E-state index in [0.29, 0.717) is 0 Å². The molecule has 2 rings (SSSR count). The van der Waals surface area contributed by atoms with Gasteiger partial charge in [0.15, 0.2) is 0 Å². The zero-order chi connectivity index (χ0) is 13.4. The third-order valence-corrected chi connectivity index (χ3v) is 3.19. The van der Waals surface area contributed by atoms with Crippen molar-refractivity contribution in [2.75, 3.05) is 11.4 Å². The van der Waals surface area contributed by atoms with Gasteiger partial charge >= 0.3 is 5.97 Å². The quantitative estimate of drug-likeness (QED) is 0.852. The second-order valence-electron chi connectivity index (χ2n) is 3.89. The molecule has 1 saturated heterocycles. The Labute approximate surface area is 112 Å². The third-order valence-electron chi connectivity index (χ3n) is 2.61. The summed E-state index contributed by atoms with van der Waals surface area (Å²) in [5.41, 5.74) is -0.349. The highest BCUT2D eigenvalue weighted by atomic mass is 35.5. The Morgan fingerprint density at radius 3 is 2.67 bits per heavy atom. The van der Waals surface area contributed by atoms with E-state index in [4.69, 9.17) is 28.3 Å². The normalized spacial score (nSPS) is 19.4. The number of alkyl halides is 1. The number of carbonyl (C=O) groups excluding carboxylic acids is 1. The Bertz CT molecular complexity index is 535. The number of aromatic carboxylic acids is 1. The number of benzene rings is 1. The fourth-order valence-corrected chi connectivity index (χ4v) is 2.46. The van der Waals surface area contributed by atoms with Gasteiger partial charge in [0.05, 0.1) is 21.7 Å². The summed E-state index contributed by atoms with van der Waals surface area (Å²) in [7, 11) is 0. The van der Waals surface area contributed by atoms with Crippen LogP contribution in [0.15, 0.2) is 12.1 Å². The van der Waals surface area contributed by atoms with Crippen molar-refractivity contribution >= 4 is 40.8 Å². The molecule has 1 atom stereocenters. The van der Waals surface area contributed by atoms with Crippen LogP contribution in [-0.4, -0.2) is 28.9 Å². The molecule has 4 nitrogen and oxygen atoms in total. The van der Waals surface area contributed by atoms with E-state index in [1.807, 2.05) is 0 Å². The summed E-state index contributed by atoms with van der Waals surface area (Å²) in [6.07, 6.45) is 0.105. The Hall–Kier alpha value is -1.33. The molecular formula is C11H8Cl2FNO3. The Balaban J connectivity index is 2.56. The fraction of sp³-hybridized carbons (Fsp3) is 0.273. The van der Waals surface area contributed by atoms with Gasteiger partial charge in [0.2, 0.25) is 5.91 Å². The first-order chi connectivity index (χ1) is 8.40. The van der Waals surface area contributed by atoms with E-state index in [-0.39, 0.29) is 35.1 Å². The minimum atomic E-state index is -1.35. The molecule has 1 heterocycles. The van der Waals surface area contributed by atoms with Crippen molar-refractivity contribution in [1.82, 2.24) is 0 Å². The lowest BCUT2D eigenvalue weighted by Gasteiger charge is -2.19. The summed E-state index contributed by atoms with van der Waals surface area (Å²) in [6.45, 7) is 0.159. The highest BCUT2D eigenvalue weighted by Crippen LogP contribution is 2.34. The van der Waals surface area contributed by atoms with Crippen LogP contribution in [0.1, 0.15) is 16.8 Å². The monoisotopic (exact) mass is 291 g/mol. The van der Waals surface area contributed by atoms with Gasteiger partial charge in [0.1, 0.15) is 5.82 Å². The van der Waals surface area contributed by atoms with E-state index in [1.54, 1.807) is 0 Å². The number of halogens is 3. The minimum absolute atomic E-state index is 0.00119. The molecule has 0 bridgehead atoms. The van der Waals surface area contributed by atoms with Crippen LogP contribution in [0.2, 0.25) is 5.02 Å². The molecule has 1 amide bonds. The van der Waals surface area contributed by atoms with Crippen LogP contribution >= 0.6 is 23.2 Å². The van der Waals surface area contributed by atoms with E-state index in [1.165, 1.54) is 4.90 Å². The number of carboxylic acids is 1. The predicted molar refractivity (Wildman–Crippen MR) is 65.0 cm³/mol. The molecule has 1 fully saturated rings. The van der Waals surface area contributed by atoms with Gasteiger partial charge in [-0.2, -0.15) is 0 Å². The standard InChI is InChI=1S/C11H8Cl2FNO3/c12-5-1-9(16)15(4-5)10-7(11(17)18)2-6(14)3-8(10)13/h2-3,5H,1,4H2,(H,17,18). The number of nitrogens with zero attached hydrogens (tertiary/aromatic N) is 1. The molecule has 1 aliphatic heterocycles. The van der Waals surface area contributed by atoms with Gasteiger partial charge in [0, 0.05) is 13.0 Å². The highest BCUT2D eigenvalue weighted by Gasteiger charge is 2.33. The van der Waals surface area contributed by atoms with Gasteiger partial charge in [-0.25, -0.2) is 9.18 Å². The Kier molecular flexibility index (Phi) is 3.45. The maximum absolute atomic E-state index is 13.2. The smallest absolute Gasteiger partial charge is 0.337 e. The lowest BCUT2D eigenvalue weighted by Crippen LogP contribution is -2.27. The number of carboxylic acid groups (broad SMARTS) is 1.